The quantitative estimate of drug-likeness (QED) is 0.129. The van der Waals surface area contributed by atoms with Crippen molar-refractivity contribution in [3.05, 3.63) is 277 Å². The molecule has 0 atom stereocenters. The highest BCUT2D eigenvalue weighted by Crippen LogP contribution is 2.41. The normalized spacial score (nSPS) is 11.3. The van der Waals surface area contributed by atoms with Crippen molar-refractivity contribution in [1.29, 1.82) is 0 Å². The van der Waals surface area contributed by atoms with Crippen LogP contribution in [0.1, 0.15) is 22.5 Å². The van der Waals surface area contributed by atoms with E-state index in [9.17, 15) is 0 Å². The second-order valence-electron chi connectivity index (χ2n) is 18.8. The van der Waals surface area contributed by atoms with Gasteiger partial charge in [0.05, 0.1) is 11.0 Å². The van der Waals surface area contributed by atoms with Crippen molar-refractivity contribution < 1.29 is 0 Å². The molecule has 0 spiro atoms. The van der Waals surface area contributed by atoms with Crippen molar-refractivity contribution in [3.8, 4) is 44.8 Å². The maximum atomic E-state index is 2.41. The number of anilines is 6. The Kier molecular flexibility index (Phi) is 11.4. The minimum Gasteiger partial charge on any atom is -0.314 e. The summed E-state index contributed by atoms with van der Waals surface area (Å²) in [4.78, 5) is 4.66. The van der Waals surface area contributed by atoms with Crippen molar-refractivity contribution in [2.45, 2.75) is 27.7 Å². The van der Waals surface area contributed by atoms with Gasteiger partial charge in [0, 0.05) is 67.7 Å². The van der Waals surface area contributed by atoms with Crippen molar-refractivity contribution in [1.82, 2.24) is 9.13 Å². The zero-order valence-electron chi connectivity index (χ0n) is 41.0. The van der Waals surface area contributed by atoms with Gasteiger partial charge in [-0.15, -0.1) is 0 Å². The van der Waals surface area contributed by atoms with E-state index >= 15 is 0 Å². The summed E-state index contributed by atoms with van der Waals surface area (Å²) in [6, 6.07) is 92.0. The Morgan fingerprint density at radius 2 is 0.514 bits per heavy atom. The first-order valence-electron chi connectivity index (χ1n) is 24.8. The summed E-state index contributed by atoms with van der Waals surface area (Å²) in [7, 11) is 0. The third kappa shape index (κ3) is 8.03. The minimum atomic E-state index is 1.10. The fourth-order valence-electron chi connectivity index (χ4n) is 10.6. The van der Waals surface area contributed by atoms with Crippen LogP contribution >= 0.6 is 0 Å². The molecule has 4 heteroatoms. The van der Waals surface area contributed by atoms with Crippen molar-refractivity contribution in [2.24, 2.45) is 0 Å². The van der Waals surface area contributed by atoms with Crippen molar-refractivity contribution in [3.63, 3.8) is 0 Å². The summed E-state index contributed by atoms with van der Waals surface area (Å²) in [5.74, 6) is 0. The number of fused-ring (bicyclic) bond motifs is 2. The molecule has 0 unspecified atom stereocenters. The lowest BCUT2D eigenvalue weighted by Gasteiger charge is -2.26. The SMILES string of the molecule is Cc1c(C)n(-c2ccc(N(c3ccccc3)c3ccc(-c4ccccc4)cc3)cc2)c2ccc(-c3ccc4c(c3)c(C)c(C)n4-c3ccc(N(c4ccccc4)c4ccc(-c5ccccc5)cc4)cc3)cc12. The highest BCUT2D eigenvalue weighted by molar-refractivity contribution is 5.95. The monoisotopic (exact) mass is 926 g/mol. The van der Waals surface area contributed by atoms with Crippen LogP contribution in [0.25, 0.3) is 66.6 Å². The predicted molar refractivity (Wildman–Crippen MR) is 305 cm³/mol. The van der Waals surface area contributed by atoms with Crippen LogP contribution in [-0.2, 0) is 0 Å². The van der Waals surface area contributed by atoms with Gasteiger partial charge in [0.25, 0.3) is 0 Å². The van der Waals surface area contributed by atoms with Gasteiger partial charge in [-0.3, -0.25) is 0 Å². The average molecular weight is 927 g/mol. The van der Waals surface area contributed by atoms with Gasteiger partial charge in [-0.05, 0) is 194 Å². The topological polar surface area (TPSA) is 16.3 Å². The van der Waals surface area contributed by atoms with E-state index in [0.29, 0.717) is 0 Å². The van der Waals surface area contributed by atoms with Crippen molar-refractivity contribution >= 4 is 55.9 Å². The molecule has 0 aliphatic carbocycles. The first kappa shape index (κ1) is 44.1. The molecule has 4 nitrogen and oxygen atoms in total. The Labute approximate surface area is 422 Å². The van der Waals surface area contributed by atoms with E-state index in [4.69, 9.17) is 0 Å². The van der Waals surface area contributed by atoms with Crippen LogP contribution in [0.3, 0.4) is 0 Å². The first-order valence-corrected chi connectivity index (χ1v) is 24.8. The van der Waals surface area contributed by atoms with Gasteiger partial charge in [-0.2, -0.15) is 0 Å². The van der Waals surface area contributed by atoms with Gasteiger partial charge in [-0.25, -0.2) is 0 Å². The van der Waals surface area contributed by atoms with E-state index in [1.807, 2.05) is 0 Å². The standard InChI is InChI=1S/C68H54N4/c1-47-49(3)69(59-35-39-63(40-36-59)71(57-21-13-7-14-22-57)61-31-25-53(26-32-61)51-17-9-5-10-18-51)67-43-29-55(45-65(47)67)56-30-44-68-66(46-56)48(2)50(4)70(68)60-37-41-64(42-38-60)72(58-23-15-8-16-24-58)62-33-27-54(28-34-62)52-19-11-6-12-20-52/h5-46H,1-4H3. The molecular formula is C68H54N4. The Morgan fingerprint density at radius 3 is 0.847 bits per heavy atom. The Hall–Kier alpha value is -9.12. The second kappa shape index (κ2) is 18.7. The van der Waals surface area contributed by atoms with Crippen LogP contribution < -0.4 is 9.80 Å². The van der Waals surface area contributed by atoms with Crippen LogP contribution in [0.2, 0.25) is 0 Å². The Bertz CT molecular complexity index is 3580. The smallest absolute Gasteiger partial charge is 0.0534 e. The molecule has 0 saturated carbocycles. The van der Waals surface area contributed by atoms with Crippen molar-refractivity contribution in [2.75, 3.05) is 9.80 Å². The molecule has 346 valence electrons. The molecule has 72 heavy (non-hydrogen) atoms. The number of rotatable bonds is 11. The first-order chi connectivity index (χ1) is 35.4. The summed E-state index contributed by atoms with van der Waals surface area (Å²) < 4.78 is 4.81. The molecule has 0 saturated heterocycles. The van der Waals surface area contributed by atoms with E-state index in [1.165, 1.54) is 77.7 Å². The number of para-hydroxylation sites is 2. The summed E-state index contributed by atoms with van der Waals surface area (Å²) in [5.41, 5.74) is 23.7. The lowest BCUT2D eigenvalue weighted by molar-refractivity contribution is 1.04. The van der Waals surface area contributed by atoms with Crippen LogP contribution in [0, 0.1) is 27.7 Å². The second-order valence-corrected chi connectivity index (χ2v) is 18.8. The summed E-state index contributed by atoms with van der Waals surface area (Å²) >= 11 is 0. The minimum absolute atomic E-state index is 1.10. The van der Waals surface area contributed by atoms with E-state index in [2.05, 4.69) is 301 Å². The third-order valence-electron chi connectivity index (χ3n) is 14.6. The molecule has 0 N–H and O–H groups in total. The maximum absolute atomic E-state index is 2.41. The van der Waals surface area contributed by atoms with Crippen LogP contribution in [-0.4, -0.2) is 9.13 Å². The van der Waals surface area contributed by atoms with Crippen LogP contribution in [0.5, 0.6) is 0 Å². The molecule has 0 bridgehead atoms. The third-order valence-corrected chi connectivity index (χ3v) is 14.6. The number of hydrogen-bond acceptors (Lipinski definition) is 2. The van der Waals surface area contributed by atoms with Crippen LogP contribution in [0.15, 0.2) is 255 Å². The number of benzene rings is 10. The van der Waals surface area contributed by atoms with Gasteiger partial charge in [0.2, 0.25) is 0 Å². The van der Waals surface area contributed by atoms with Crippen LogP contribution in [0.4, 0.5) is 34.1 Å². The molecule has 12 rings (SSSR count). The molecule has 10 aromatic carbocycles. The summed E-state index contributed by atoms with van der Waals surface area (Å²) in [6.45, 7) is 8.99. The zero-order valence-corrected chi connectivity index (χ0v) is 41.0. The Balaban J connectivity index is 0.834. The number of aromatic nitrogens is 2. The molecule has 2 heterocycles. The van der Waals surface area contributed by atoms with Gasteiger partial charge >= 0.3 is 0 Å². The van der Waals surface area contributed by atoms with Gasteiger partial charge in [-0.1, -0.05) is 133 Å². The lowest BCUT2D eigenvalue weighted by atomic mass is 10.00. The highest BCUT2D eigenvalue weighted by Gasteiger charge is 2.19. The van der Waals surface area contributed by atoms with Gasteiger partial charge in [0.1, 0.15) is 0 Å². The fraction of sp³-hybridized carbons (Fsp3) is 0.0588. The number of aryl methyl sites for hydroxylation is 2. The molecule has 2 aromatic heterocycles. The van der Waals surface area contributed by atoms with E-state index in [1.54, 1.807) is 0 Å². The number of nitrogens with zero attached hydrogens (tertiary/aromatic N) is 4. The lowest BCUT2D eigenvalue weighted by Crippen LogP contribution is -2.10. The van der Waals surface area contributed by atoms with Gasteiger partial charge < -0.3 is 18.9 Å². The molecule has 0 aliphatic heterocycles. The summed E-state index contributed by atoms with van der Waals surface area (Å²) in [5, 5.41) is 2.53. The fourth-order valence-corrected chi connectivity index (χ4v) is 10.6. The highest BCUT2D eigenvalue weighted by atomic mass is 15.1. The Morgan fingerprint density at radius 1 is 0.250 bits per heavy atom. The zero-order chi connectivity index (χ0) is 48.7. The van der Waals surface area contributed by atoms with E-state index in [0.717, 1.165) is 45.5 Å². The average Bonchev–Trinajstić information content (AvgIpc) is 3.85. The van der Waals surface area contributed by atoms with E-state index < -0.39 is 0 Å². The largest absolute Gasteiger partial charge is 0.314 e. The number of hydrogen-bond donors (Lipinski definition) is 0. The van der Waals surface area contributed by atoms with Gasteiger partial charge in [0.15, 0.2) is 0 Å². The summed E-state index contributed by atoms with van der Waals surface area (Å²) in [6.07, 6.45) is 0. The molecule has 0 fully saturated rings. The molecule has 0 radical (unpaired) electrons. The molecule has 12 aromatic rings. The molecule has 0 amide bonds. The molecular weight excluding hydrogens is 873 g/mol. The molecule has 0 aliphatic rings. The maximum Gasteiger partial charge on any atom is 0.0534 e. The van der Waals surface area contributed by atoms with E-state index in [-0.39, 0.29) is 0 Å². The predicted octanol–water partition coefficient (Wildman–Crippen LogP) is 18.7.